The van der Waals surface area contributed by atoms with E-state index in [1.54, 1.807) is 0 Å². The Labute approximate surface area is 90.5 Å². The van der Waals surface area contributed by atoms with Crippen molar-refractivity contribution in [2.75, 3.05) is 0 Å². The van der Waals surface area contributed by atoms with Crippen LogP contribution in [0, 0.1) is 26.2 Å². The number of hydrogen-bond acceptors (Lipinski definition) is 2. The van der Waals surface area contributed by atoms with Crippen molar-refractivity contribution < 1.29 is 4.79 Å². The van der Waals surface area contributed by atoms with Crippen LogP contribution in [0.25, 0.3) is 0 Å². The second-order valence-electron chi connectivity index (χ2n) is 3.70. The summed E-state index contributed by atoms with van der Waals surface area (Å²) in [7, 11) is 0. The van der Waals surface area contributed by atoms with Crippen molar-refractivity contribution >= 4 is 5.78 Å². The van der Waals surface area contributed by atoms with E-state index in [9.17, 15) is 4.79 Å². The van der Waals surface area contributed by atoms with Gasteiger partial charge in [0, 0.05) is 12.0 Å². The highest BCUT2D eigenvalue weighted by molar-refractivity contribution is 6.01. The molecule has 1 atom stereocenters. The molecule has 0 amide bonds. The fraction of sp³-hybridized carbons (Fsp3) is 0.308. The van der Waals surface area contributed by atoms with Crippen molar-refractivity contribution in [3.8, 4) is 12.3 Å². The van der Waals surface area contributed by atoms with Crippen molar-refractivity contribution in [1.82, 2.24) is 0 Å². The SMILES string of the molecule is C#CCC(N)C(=O)c1ccc(C)cc1C. The summed E-state index contributed by atoms with van der Waals surface area (Å²) in [6.07, 6.45) is 5.41. The van der Waals surface area contributed by atoms with Crippen LogP contribution in [0.15, 0.2) is 18.2 Å². The molecule has 0 saturated heterocycles. The van der Waals surface area contributed by atoms with E-state index >= 15 is 0 Å². The molecule has 1 unspecified atom stereocenters. The third kappa shape index (κ3) is 2.68. The number of Topliss-reactive ketones (excluding diaryl/α,β-unsaturated/α-hetero) is 1. The minimum Gasteiger partial charge on any atom is -0.320 e. The predicted molar refractivity (Wildman–Crippen MR) is 61.7 cm³/mol. The van der Waals surface area contributed by atoms with E-state index in [1.165, 1.54) is 0 Å². The average molecular weight is 201 g/mol. The van der Waals surface area contributed by atoms with Crippen molar-refractivity contribution in [3.05, 3.63) is 34.9 Å². The molecule has 0 aromatic heterocycles. The maximum absolute atomic E-state index is 11.8. The minimum absolute atomic E-state index is 0.0783. The molecular weight excluding hydrogens is 186 g/mol. The predicted octanol–water partition coefficient (Wildman–Crippen LogP) is 1.84. The zero-order chi connectivity index (χ0) is 11.4. The summed E-state index contributed by atoms with van der Waals surface area (Å²) in [5.74, 6) is 2.32. The van der Waals surface area contributed by atoms with Gasteiger partial charge in [0.1, 0.15) is 0 Å². The zero-order valence-electron chi connectivity index (χ0n) is 9.08. The lowest BCUT2D eigenvalue weighted by atomic mass is 9.97. The summed E-state index contributed by atoms with van der Waals surface area (Å²) in [4.78, 5) is 11.8. The first kappa shape index (κ1) is 11.5. The third-order valence-electron chi connectivity index (χ3n) is 2.32. The van der Waals surface area contributed by atoms with E-state index in [4.69, 9.17) is 12.2 Å². The van der Waals surface area contributed by atoms with Gasteiger partial charge in [0.05, 0.1) is 6.04 Å². The monoisotopic (exact) mass is 201 g/mol. The van der Waals surface area contributed by atoms with Crippen molar-refractivity contribution in [3.63, 3.8) is 0 Å². The highest BCUT2D eigenvalue weighted by Crippen LogP contribution is 2.13. The summed E-state index contributed by atoms with van der Waals surface area (Å²) in [6.45, 7) is 3.89. The van der Waals surface area contributed by atoms with Gasteiger partial charge in [-0.15, -0.1) is 12.3 Å². The van der Waals surface area contributed by atoms with Crippen LogP contribution in [0.4, 0.5) is 0 Å². The van der Waals surface area contributed by atoms with Gasteiger partial charge in [-0.25, -0.2) is 0 Å². The molecule has 15 heavy (non-hydrogen) atoms. The Kier molecular flexibility index (Phi) is 3.65. The summed E-state index contributed by atoms with van der Waals surface area (Å²) in [5, 5.41) is 0. The lowest BCUT2D eigenvalue weighted by molar-refractivity contribution is 0.0962. The number of benzene rings is 1. The molecule has 78 valence electrons. The maximum Gasteiger partial charge on any atom is 0.180 e. The van der Waals surface area contributed by atoms with Crippen LogP contribution in [0.5, 0.6) is 0 Å². The molecule has 0 radical (unpaired) electrons. The number of hydrogen-bond donors (Lipinski definition) is 1. The number of carbonyl (C=O) groups is 1. The molecule has 1 aromatic carbocycles. The van der Waals surface area contributed by atoms with Gasteiger partial charge in [0.15, 0.2) is 5.78 Å². The normalized spacial score (nSPS) is 11.9. The third-order valence-corrected chi connectivity index (χ3v) is 2.32. The first-order chi connectivity index (χ1) is 7.06. The number of carbonyl (C=O) groups excluding carboxylic acids is 1. The molecule has 2 heteroatoms. The van der Waals surface area contributed by atoms with E-state index in [2.05, 4.69) is 5.92 Å². The fourth-order valence-corrected chi connectivity index (χ4v) is 1.51. The molecule has 0 saturated carbocycles. The number of ketones is 1. The lowest BCUT2D eigenvalue weighted by Crippen LogP contribution is -2.30. The molecule has 2 nitrogen and oxygen atoms in total. The van der Waals surface area contributed by atoms with Crippen LogP contribution in [-0.2, 0) is 0 Å². The Bertz CT molecular complexity index is 415. The highest BCUT2D eigenvalue weighted by Gasteiger charge is 2.16. The second kappa shape index (κ2) is 4.77. The lowest BCUT2D eigenvalue weighted by Gasteiger charge is -2.10. The Morgan fingerprint density at radius 1 is 1.53 bits per heavy atom. The molecule has 0 spiro atoms. The molecule has 2 N–H and O–H groups in total. The van der Waals surface area contributed by atoms with Gasteiger partial charge >= 0.3 is 0 Å². The summed E-state index contributed by atoms with van der Waals surface area (Å²) in [6, 6.07) is 5.10. The van der Waals surface area contributed by atoms with Gasteiger partial charge in [-0.1, -0.05) is 23.8 Å². The van der Waals surface area contributed by atoms with Gasteiger partial charge in [0.2, 0.25) is 0 Å². The van der Waals surface area contributed by atoms with Crippen molar-refractivity contribution in [2.45, 2.75) is 26.3 Å². The number of aryl methyl sites for hydroxylation is 2. The van der Waals surface area contributed by atoms with Crippen LogP contribution in [-0.4, -0.2) is 11.8 Å². The molecule has 0 aliphatic rings. The number of nitrogens with two attached hydrogens (primary N) is 1. The molecule has 0 heterocycles. The van der Waals surface area contributed by atoms with Gasteiger partial charge in [-0.05, 0) is 19.4 Å². The smallest absolute Gasteiger partial charge is 0.180 e. The largest absolute Gasteiger partial charge is 0.320 e. The minimum atomic E-state index is -0.587. The van der Waals surface area contributed by atoms with E-state index in [1.807, 2.05) is 32.0 Å². The molecule has 0 aliphatic carbocycles. The zero-order valence-corrected chi connectivity index (χ0v) is 9.08. The van der Waals surface area contributed by atoms with Crippen LogP contribution < -0.4 is 5.73 Å². The molecule has 1 rings (SSSR count). The van der Waals surface area contributed by atoms with Crippen molar-refractivity contribution in [2.24, 2.45) is 5.73 Å². The first-order valence-electron chi connectivity index (χ1n) is 4.86. The van der Waals surface area contributed by atoms with Crippen LogP contribution in [0.3, 0.4) is 0 Å². The fourth-order valence-electron chi connectivity index (χ4n) is 1.51. The van der Waals surface area contributed by atoms with Crippen LogP contribution in [0.2, 0.25) is 0 Å². The molecular formula is C13H15NO. The second-order valence-corrected chi connectivity index (χ2v) is 3.70. The maximum atomic E-state index is 11.8. The van der Waals surface area contributed by atoms with E-state index < -0.39 is 6.04 Å². The first-order valence-corrected chi connectivity index (χ1v) is 4.86. The number of rotatable bonds is 3. The van der Waals surface area contributed by atoms with Crippen LogP contribution >= 0.6 is 0 Å². The molecule has 0 aliphatic heterocycles. The van der Waals surface area contributed by atoms with Crippen LogP contribution in [0.1, 0.15) is 27.9 Å². The van der Waals surface area contributed by atoms with Gasteiger partial charge in [-0.2, -0.15) is 0 Å². The topological polar surface area (TPSA) is 43.1 Å². The van der Waals surface area contributed by atoms with Gasteiger partial charge in [0.25, 0.3) is 0 Å². The molecule has 0 bridgehead atoms. The summed E-state index contributed by atoms with van der Waals surface area (Å²) >= 11 is 0. The average Bonchev–Trinajstić information content (AvgIpc) is 2.17. The summed E-state index contributed by atoms with van der Waals surface area (Å²) < 4.78 is 0. The molecule has 1 aromatic rings. The Morgan fingerprint density at radius 2 is 2.20 bits per heavy atom. The summed E-state index contributed by atoms with van der Waals surface area (Å²) in [5.41, 5.74) is 8.43. The van der Waals surface area contributed by atoms with Gasteiger partial charge < -0.3 is 5.73 Å². The Morgan fingerprint density at radius 3 is 2.73 bits per heavy atom. The Hall–Kier alpha value is -1.59. The van der Waals surface area contributed by atoms with E-state index in [0.717, 1.165) is 11.1 Å². The van der Waals surface area contributed by atoms with Gasteiger partial charge in [-0.3, -0.25) is 4.79 Å². The highest BCUT2D eigenvalue weighted by atomic mass is 16.1. The van der Waals surface area contributed by atoms with E-state index in [-0.39, 0.29) is 12.2 Å². The molecule has 0 fully saturated rings. The van der Waals surface area contributed by atoms with Crippen molar-refractivity contribution in [1.29, 1.82) is 0 Å². The Balaban J connectivity index is 2.97. The van der Waals surface area contributed by atoms with E-state index in [0.29, 0.717) is 5.56 Å². The quantitative estimate of drug-likeness (QED) is 0.599. The standard InChI is InChI=1S/C13H15NO/c1-4-5-12(14)13(15)11-7-6-9(2)8-10(11)3/h1,6-8,12H,5,14H2,2-3H3. The number of terminal acetylenes is 1.